The maximum atomic E-state index is 11.9. The monoisotopic (exact) mass is 334 g/mol. The fraction of sp³-hybridized carbons (Fsp3) is 0.375. The summed E-state index contributed by atoms with van der Waals surface area (Å²) in [7, 11) is 0. The molecule has 0 aromatic heterocycles. The molecule has 0 spiro atoms. The number of carbonyl (C=O) groups excluding carboxylic acids is 3. The summed E-state index contributed by atoms with van der Waals surface area (Å²) in [6, 6.07) is 5.57. The molecule has 8 heteroatoms. The van der Waals surface area contributed by atoms with E-state index in [1.54, 1.807) is 4.90 Å². The number of nitrogens with zero attached hydrogens (tertiary/aromatic N) is 1. The number of carboxylic acids is 1. The van der Waals surface area contributed by atoms with Gasteiger partial charge in [-0.05, 0) is 24.3 Å². The van der Waals surface area contributed by atoms with Crippen molar-refractivity contribution < 1.29 is 29.0 Å². The van der Waals surface area contributed by atoms with Crippen molar-refractivity contribution in [2.45, 2.75) is 12.8 Å². The molecule has 0 bridgehead atoms. The van der Waals surface area contributed by atoms with Crippen molar-refractivity contribution in [2.24, 2.45) is 0 Å². The Labute approximate surface area is 138 Å². The van der Waals surface area contributed by atoms with Crippen LogP contribution in [-0.4, -0.2) is 59.9 Å². The number of hydrogen-bond donors (Lipinski definition) is 2. The lowest BCUT2D eigenvalue weighted by atomic mass is 10.1. The number of rotatable bonds is 6. The van der Waals surface area contributed by atoms with E-state index in [9.17, 15) is 19.2 Å². The fourth-order valence-electron chi connectivity index (χ4n) is 2.24. The molecule has 1 aromatic carbocycles. The van der Waals surface area contributed by atoms with E-state index >= 15 is 0 Å². The quantitative estimate of drug-likeness (QED) is 0.734. The Balaban J connectivity index is 1.79. The topological polar surface area (TPSA) is 113 Å². The van der Waals surface area contributed by atoms with Gasteiger partial charge < -0.3 is 20.1 Å². The Morgan fingerprint density at radius 2 is 1.67 bits per heavy atom. The second-order valence-electron chi connectivity index (χ2n) is 5.32. The van der Waals surface area contributed by atoms with Crippen LogP contribution in [0.5, 0.6) is 0 Å². The lowest BCUT2D eigenvalue weighted by molar-refractivity contribution is -0.139. The highest BCUT2D eigenvalue weighted by Crippen LogP contribution is 2.10. The molecular weight excluding hydrogens is 316 g/mol. The van der Waals surface area contributed by atoms with Crippen LogP contribution in [0.3, 0.4) is 0 Å². The first-order chi connectivity index (χ1) is 11.5. The molecule has 0 aliphatic carbocycles. The fourth-order valence-corrected chi connectivity index (χ4v) is 2.24. The molecule has 1 heterocycles. The maximum absolute atomic E-state index is 11.9. The average molecular weight is 334 g/mol. The second-order valence-corrected chi connectivity index (χ2v) is 5.32. The molecule has 1 saturated heterocycles. The van der Waals surface area contributed by atoms with Gasteiger partial charge in [0.1, 0.15) is 0 Å². The summed E-state index contributed by atoms with van der Waals surface area (Å²) in [6.45, 7) is 1.81. The molecule has 1 aromatic rings. The molecule has 2 rings (SSSR count). The summed E-state index contributed by atoms with van der Waals surface area (Å²) < 4.78 is 5.13. The van der Waals surface area contributed by atoms with Crippen LogP contribution in [0, 0.1) is 0 Å². The Morgan fingerprint density at radius 3 is 2.25 bits per heavy atom. The second kappa shape index (κ2) is 8.21. The van der Waals surface area contributed by atoms with Gasteiger partial charge in [-0.15, -0.1) is 0 Å². The minimum atomic E-state index is -1.07. The van der Waals surface area contributed by atoms with Crippen LogP contribution in [0.2, 0.25) is 0 Å². The molecule has 24 heavy (non-hydrogen) atoms. The number of Topliss-reactive ketones (excluding diaryl/α,β-unsaturated/α-hetero) is 1. The van der Waals surface area contributed by atoms with Gasteiger partial charge in [-0.1, -0.05) is 0 Å². The zero-order chi connectivity index (χ0) is 17.5. The van der Waals surface area contributed by atoms with Gasteiger partial charge in [0, 0.05) is 18.8 Å². The highest BCUT2D eigenvalue weighted by atomic mass is 16.5. The van der Waals surface area contributed by atoms with Gasteiger partial charge in [0.05, 0.1) is 31.6 Å². The Kier molecular flexibility index (Phi) is 6.02. The van der Waals surface area contributed by atoms with Crippen molar-refractivity contribution in [2.75, 3.05) is 31.6 Å². The molecule has 1 aliphatic heterocycles. The first kappa shape index (κ1) is 17.6. The third kappa shape index (κ3) is 5.17. The average Bonchev–Trinajstić information content (AvgIpc) is 2.55. The predicted molar refractivity (Wildman–Crippen MR) is 83.7 cm³/mol. The summed E-state index contributed by atoms with van der Waals surface area (Å²) in [4.78, 5) is 47.8. The number of aromatic carboxylic acids is 1. The molecule has 0 unspecified atom stereocenters. The van der Waals surface area contributed by atoms with E-state index in [1.165, 1.54) is 24.3 Å². The van der Waals surface area contributed by atoms with Crippen molar-refractivity contribution >= 4 is 29.3 Å². The van der Waals surface area contributed by atoms with E-state index in [4.69, 9.17) is 9.84 Å². The summed E-state index contributed by atoms with van der Waals surface area (Å²) in [5.74, 6) is -2.38. The highest BCUT2D eigenvalue weighted by molar-refractivity contribution is 6.09. The molecule has 128 valence electrons. The number of morpholine rings is 1. The normalized spacial score (nSPS) is 14.1. The first-order valence-corrected chi connectivity index (χ1v) is 7.46. The van der Waals surface area contributed by atoms with E-state index in [-0.39, 0.29) is 17.9 Å². The summed E-state index contributed by atoms with van der Waals surface area (Å²) >= 11 is 0. The Bertz CT molecular complexity index is 634. The van der Waals surface area contributed by atoms with Crippen LogP contribution in [-0.2, 0) is 19.1 Å². The molecule has 2 N–H and O–H groups in total. The molecule has 0 atom stereocenters. The van der Waals surface area contributed by atoms with Crippen LogP contribution in [0.25, 0.3) is 0 Å². The zero-order valence-corrected chi connectivity index (χ0v) is 13.0. The lowest BCUT2D eigenvalue weighted by Gasteiger charge is -2.26. The number of amides is 2. The predicted octanol–water partition coefficient (Wildman–Crippen LogP) is 0.531. The molecule has 1 aliphatic rings. The van der Waals surface area contributed by atoms with E-state index in [2.05, 4.69) is 5.32 Å². The van der Waals surface area contributed by atoms with Gasteiger partial charge in [-0.25, -0.2) is 4.79 Å². The number of hydrogen-bond acceptors (Lipinski definition) is 5. The first-order valence-electron chi connectivity index (χ1n) is 7.46. The van der Waals surface area contributed by atoms with Crippen molar-refractivity contribution in [3.63, 3.8) is 0 Å². The molecular formula is C16H18N2O6. The van der Waals surface area contributed by atoms with Gasteiger partial charge in [0.15, 0.2) is 5.78 Å². The van der Waals surface area contributed by atoms with E-state index in [0.29, 0.717) is 32.0 Å². The molecule has 0 radical (unpaired) electrons. The highest BCUT2D eigenvalue weighted by Gasteiger charge is 2.21. The Hall–Kier alpha value is -2.74. The van der Waals surface area contributed by atoms with E-state index < -0.39 is 24.1 Å². The zero-order valence-electron chi connectivity index (χ0n) is 13.0. The summed E-state index contributed by atoms with van der Waals surface area (Å²) in [5.41, 5.74) is 0.484. The lowest BCUT2D eigenvalue weighted by Crippen LogP contribution is -2.41. The maximum Gasteiger partial charge on any atom is 0.335 e. The summed E-state index contributed by atoms with van der Waals surface area (Å²) in [5, 5.41) is 11.3. The standard InChI is InChI=1S/C16H18N2O6/c19-13(10-15(21)18-5-7-24-8-6-18)9-14(20)17-12-3-1-11(2-4-12)16(22)23/h1-4H,5-10H2,(H,17,20)(H,22,23). The van der Waals surface area contributed by atoms with Crippen molar-refractivity contribution in [3.05, 3.63) is 29.8 Å². The molecule has 8 nitrogen and oxygen atoms in total. The van der Waals surface area contributed by atoms with Crippen molar-refractivity contribution in [1.29, 1.82) is 0 Å². The number of carbonyl (C=O) groups is 4. The largest absolute Gasteiger partial charge is 0.478 e. The molecule has 0 saturated carbocycles. The number of ether oxygens (including phenoxy) is 1. The van der Waals surface area contributed by atoms with Gasteiger partial charge in [0.2, 0.25) is 11.8 Å². The summed E-state index contributed by atoms with van der Waals surface area (Å²) in [6.07, 6.45) is -0.720. The number of anilines is 1. The van der Waals surface area contributed by atoms with Gasteiger partial charge in [-0.2, -0.15) is 0 Å². The third-order valence-electron chi connectivity index (χ3n) is 3.49. The minimum Gasteiger partial charge on any atom is -0.478 e. The van der Waals surface area contributed by atoms with Crippen LogP contribution >= 0.6 is 0 Å². The number of ketones is 1. The van der Waals surface area contributed by atoms with Gasteiger partial charge >= 0.3 is 5.97 Å². The molecule has 2 amide bonds. The van der Waals surface area contributed by atoms with Crippen LogP contribution in [0.15, 0.2) is 24.3 Å². The smallest absolute Gasteiger partial charge is 0.335 e. The number of nitrogens with one attached hydrogen (secondary N) is 1. The van der Waals surface area contributed by atoms with Crippen LogP contribution in [0.1, 0.15) is 23.2 Å². The SMILES string of the molecule is O=C(CC(=O)Nc1ccc(C(=O)O)cc1)CC(=O)N1CCOCC1. The van der Waals surface area contributed by atoms with Crippen LogP contribution < -0.4 is 5.32 Å². The van der Waals surface area contributed by atoms with Crippen molar-refractivity contribution in [3.8, 4) is 0 Å². The van der Waals surface area contributed by atoms with E-state index in [1.807, 2.05) is 0 Å². The van der Waals surface area contributed by atoms with Crippen molar-refractivity contribution in [1.82, 2.24) is 4.90 Å². The van der Waals surface area contributed by atoms with Gasteiger partial charge in [-0.3, -0.25) is 14.4 Å². The minimum absolute atomic E-state index is 0.0974. The van der Waals surface area contributed by atoms with E-state index in [0.717, 1.165) is 0 Å². The van der Waals surface area contributed by atoms with Crippen LogP contribution in [0.4, 0.5) is 5.69 Å². The number of carboxylic acid groups (broad SMARTS) is 1. The molecule has 1 fully saturated rings. The third-order valence-corrected chi connectivity index (χ3v) is 3.49. The Morgan fingerprint density at radius 1 is 1.04 bits per heavy atom. The van der Waals surface area contributed by atoms with Gasteiger partial charge in [0.25, 0.3) is 0 Å². The number of benzene rings is 1.